The summed E-state index contributed by atoms with van der Waals surface area (Å²) in [5.74, 6) is 0.322. The normalized spacial score (nSPS) is 11.7. The number of rotatable bonds is 10. The first-order valence-corrected chi connectivity index (χ1v) is 13.5. The molecule has 3 aromatic carbocycles. The van der Waals surface area contributed by atoms with E-state index in [0.717, 1.165) is 11.1 Å². The largest absolute Gasteiger partial charge is 0.357 e. The van der Waals surface area contributed by atoms with Crippen LogP contribution in [-0.4, -0.2) is 35.6 Å². The molecule has 2 amide bonds. The number of hydrogen-bond acceptors (Lipinski definition) is 3. The van der Waals surface area contributed by atoms with Crippen molar-refractivity contribution in [1.82, 2.24) is 10.2 Å². The van der Waals surface area contributed by atoms with E-state index in [-0.39, 0.29) is 24.1 Å². The van der Waals surface area contributed by atoms with Crippen LogP contribution in [0.3, 0.4) is 0 Å². The fourth-order valence-electron chi connectivity index (χ4n) is 3.52. The maximum atomic E-state index is 13.5. The first-order valence-electron chi connectivity index (χ1n) is 10.8. The van der Waals surface area contributed by atoms with E-state index in [1.165, 1.54) is 11.8 Å². The van der Waals surface area contributed by atoms with Crippen molar-refractivity contribution in [2.45, 2.75) is 24.8 Å². The molecule has 0 spiro atoms. The van der Waals surface area contributed by atoms with Gasteiger partial charge in [-0.3, -0.25) is 9.59 Å². The van der Waals surface area contributed by atoms with Gasteiger partial charge in [0.05, 0.1) is 15.8 Å². The Morgan fingerprint density at radius 1 is 0.886 bits per heavy atom. The molecule has 1 N–H and O–H groups in total. The lowest BCUT2D eigenvalue weighted by molar-refractivity contribution is -0.139. The average Bonchev–Trinajstić information content (AvgIpc) is 2.84. The minimum Gasteiger partial charge on any atom is -0.357 e. The summed E-state index contributed by atoms with van der Waals surface area (Å²) in [7, 11) is 1.57. The van der Waals surface area contributed by atoms with E-state index in [4.69, 9.17) is 46.4 Å². The topological polar surface area (TPSA) is 49.4 Å². The van der Waals surface area contributed by atoms with Crippen LogP contribution in [0.25, 0.3) is 0 Å². The zero-order chi connectivity index (χ0) is 25.4. The molecule has 0 aromatic heterocycles. The summed E-state index contributed by atoms with van der Waals surface area (Å²) in [6.45, 7) is 0.174. The molecule has 1 unspecified atom stereocenters. The first-order chi connectivity index (χ1) is 16.8. The van der Waals surface area contributed by atoms with Gasteiger partial charge in [-0.2, -0.15) is 0 Å². The van der Waals surface area contributed by atoms with E-state index in [1.54, 1.807) is 42.3 Å². The molecule has 0 aliphatic rings. The van der Waals surface area contributed by atoms with Crippen LogP contribution in [-0.2, 0) is 28.3 Å². The highest BCUT2D eigenvalue weighted by Gasteiger charge is 2.30. The molecule has 1 atom stereocenters. The van der Waals surface area contributed by atoms with Gasteiger partial charge in [-0.25, -0.2) is 0 Å². The highest BCUT2D eigenvalue weighted by atomic mass is 35.5. The fraction of sp³-hybridized carbons (Fsp3) is 0.231. The van der Waals surface area contributed by atoms with Crippen molar-refractivity contribution in [3.63, 3.8) is 0 Å². The monoisotopic (exact) mass is 568 g/mol. The maximum Gasteiger partial charge on any atom is 0.242 e. The molecule has 3 rings (SSSR count). The predicted octanol–water partition coefficient (Wildman–Crippen LogP) is 6.92. The van der Waals surface area contributed by atoms with Crippen LogP contribution in [0.15, 0.2) is 66.7 Å². The standard InChI is InChI=1S/C26H24Cl4N2O2S/c1-31-26(34)24(12-17-5-3-2-4-6-17)32(14-19-8-9-20(27)13-22(19)29)25(33)16-35-15-18-7-10-21(28)23(30)11-18/h2-11,13,24H,12,14-16H2,1H3,(H,31,34). The Morgan fingerprint density at radius 2 is 1.63 bits per heavy atom. The van der Waals surface area contributed by atoms with Gasteiger partial charge in [0.25, 0.3) is 0 Å². The summed E-state index contributed by atoms with van der Waals surface area (Å²) in [4.78, 5) is 28.0. The first kappa shape index (κ1) is 27.7. The van der Waals surface area contributed by atoms with E-state index in [1.807, 2.05) is 36.4 Å². The smallest absolute Gasteiger partial charge is 0.242 e. The van der Waals surface area contributed by atoms with Gasteiger partial charge in [0.15, 0.2) is 0 Å². The van der Waals surface area contributed by atoms with Gasteiger partial charge in [-0.1, -0.05) is 88.9 Å². The predicted molar refractivity (Wildman–Crippen MR) is 148 cm³/mol. The fourth-order valence-corrected chi connectivity index (χ4v) is 5.17. The Morgan fingerprint density at radius 3 is 2.29 bits per heavy atom. The molecule has 3 aromatic rings. The van der Waals surface area contributed by atoms with Gasteiger partial charge in [0, 0.05) is 35.8 Å². The van der Waals surface area contributed by atoms with E-state index in [0.29, 0.717) is 37.8 Å². The molecular weight excluding hydrogens is 546 g/mol. The van der Waals surface area contributed by atoms with Crippen molar-refractivity contribution < 1.29 is 9.59 Å². The molecule has 0 saturated heterocycles. The van der Waals surface area contributed by atoms with Gasteiger partial charge in [-0.15, -0.1) is 11.8 Å². The number of benzene rings is 3. The third kappa shape index (κ3) is 8.06. The summed E-state index contributed by atoms with van der Waals surface area (Å²) < 4.78 is 0. The highest BCUT2D eigenvalue weighted by molar-refractivity contribution is 7.99. The van der Waals surface area contributed by atoms with Crippen LogP contribution in [0.5, 0.6) is 0 Å². The van der Waals surface area contributed by atoms with Crippen LogP contribution in [0, 0.1) is 0 Å². The lowest BCUT2D eigenvalue weighted by Crippen LogP contribution is -2.50. The highest BCUT2D eigenvalue weighted by Crippen LogP contribution is 2.27. The number of thioether (sulfide) groups is 1. The number of carbonyl (C=O) groups is 2. The molecule has 4 nitrogen and oxygen atoms in total. The minimum absolute atomic E-state index is 0.174. The second-order valence-electron chi connectivity index (χ2n) is 7.82. The lowest BCUT2D eigenvalue weighted by Gasteiger charge is -2.31. The second-order valence-corrected chi connectivity index (χ2v) is 10.5. The molecular formula is C26H24Cl4N2O2S. The lowest BCUT2D eigenvalue weighted by atomic mass is 10.0. The minimum atomic E-state index is -0.716. The molecule has 0 heterocycles. The Labute approximate surface area is 229 Å². The van der Waals surface area contributed by atoms with Gasteiger partial charge in [0.2, 0.25) is 11.8 Å². The average molecular weight is 570 g/mol. The van der Waals surface area contributed by atoms with E-state index < -0.39 is 6.04 Å². The zero-order valence-electron chi connectivity index (χ0n) is 18.9. The van der Waals surface area contributed by atoms with Crippen molar-refractivity contribution >= 4 is 70.0 Å². The third-order valence-electron chi connectivity index (χ3n) is 5.35. The number of nitrogens with zero attached hydrogens (tertiary/aromatic N) is 1. The van der Waals surface area contributed by atoms with Crippen LogP contribution in [0.1, 0.15) is 16.7 Å². The van der Waals surface area contributed by atoms with E-state index in [9.17, 15) is 9.59 Å². The van der Waals surface area contributed by atoms with Gasteiger partial charge in [-0.05, 0) is 41.0 Å². The van der Waals surface area contributed by atoms with Crippen molar-refractivity contribution in [1.29, 1.82) is 0 Å². The third-order valence-corrected chi connectivity index (χ3v) is 7.67. The Kier molecular flexibility index (Phi) is 10.6. The summed E-state index contributed by atoms with van der Waals surface area (Å²) in [5, 5.41) is 4.60. The SMILES string of the molecule is CNC(=O)C(Cc1ccccc1)N(Cc1ccc(Cl)cc1Cl)C(=O)CSCc1ccc(Cl)c(Cl)c1. The zero-order valence-corrected chi connectivity index (χ0v) is 22.8. The number of halogens is 4. The van der Waals surface area contributed by atoms with E-state index >= 15 is 0 Å². The van der Waals surface area contributed by atoms with Crippen molar-refractivity contribution in [3.05, 3.63) is 104 Å². The number of amides is 2. The Hall–Kier alpha value is -1.89. The van der Waals surface area contributed by atoms with Crippen molar-refractivity contribution in [2.24, 2.45) is 0 Å². The van der Waals surface area contributed by atoms with Crippen LogP contribution in [0.2, 0.25) is 20.1 Å². The molecule has 0 fully saturated rings. The molecule has 0 radical (unpaired) electrons. The van der Waals surface area contributed by atoms with Gasteiger partial charge >= 0.3 is 0 Å². The van der Waals surface area contributed by atoms with Crippen LogP contribution < -0.4 is 5.32 Å². The van der Waals surface area contributed by atoms with Crippen LogP contribution in [0.4, 0.5) is 0 Å². The summed E-state index contributed by atoms with van der Waals surface area (Å²) in [6.07, 6.45) is 0.370. The summed E-state index contributed by atoms with van der Waals surface area (Å²) >= 11 is 26.0. The quantitative estimate of drug-likeness (QED) is 0.288. The molecule has 0 saturated carbocycles. The second kappa shape index (κ2) is 13.4. The Bertz CT molecular complexity index is 1180. The van der Waals surface area contributed by atoms with E-state index in [2.05, 4.69) is 5.32 Å². The van der Waals surface area contributed by atoms with Gasteiger partial charge in [0.1, 0.15) is 6.04 Å². The number of hydrogen-bond donors (Lipinski definition) is 1. The number of carbonyl (C=O) groups excluding carboxylic acids is 2. The summed E-state index contributed by atoms with van der Waals surface area (Å²) in [5.41, 5.74) is 2.61. The molecule has 0 aliphatic heterocycles. The number of likely N-dealkylation sites (N-methyl/N-ethyl adjacent to an activating group) is 1. The summed E-state index contributed by atoms with van der Waals surface area (Å²) in [6, 6.07) is 19.4. The number of nitrogens with one attached hydrogen (secondary N) is 1. The molecule has 35 heavy (non-hydrogen) atoms. The van der Waals surface area contributed by atoms with Crippen molar-refractivity contribution in [2.75, 3.05) is 12.8 Å². The molecule has 0 aliphatic carbocycles. The van der Waals surface area contributed by atoms with Gasteiger partial charge < -0.3 is 10.2 Å². The van der Waals surface area contributed by atoms with Crippen LogP contribution >= 0.6 is 58.2 Å². The molecule has 184 valence electrons. The molecule has 0 bridgehead atoms. The molecule has 9 heteroatoms. The van der Waals surface area contributed by atoms with Crippen molar-refractivity contribution in [3.8, 4) is 0 Å². The maximum absolute atomic E-state index is 13.5. The Balaban J connectivity index is 1.83.